The van der Waals surface area contributed by atoms with E-state index in [0.29, 0.717) is 28.0 Å². The maximum Gasteiger partial charge on any atom is 0.277 e. The van der Waals surface area contributed by atoms with E-state index >= 15 is 0 Å². The van der Waals surface area contributed by atoms with Gasteiger partial charge in [0.15, 0.2) is 22.3 Å². The topological polar surface area (TPSA) is 121 Å². The summed E-state index contributed by atoms with van der Waals surface area (Å²) >= 11 is 1.27. The Morgan fingerprint density at radius 2 is 1.94 bits per heavy atom. The standard InChI is InChI=1S/C21H17N5O5S/c1-30-18-7-6-13(10-19(18)31-2)17-12-32-21(22-17)23-20(27)16-8-9-25(24-16)14-4-3-5-15(11-14)26(28)29/h3-12H,1-2H3,(H,22,23,27). The molecule has 2 aromatic heterocycles. The third kappa shape index (κ3) is 4.27. The maximum atomic E-state index is 12.6. The fourth-order valence-corrected chi connectivity index (χ4v) is 3.67. The lowest BCUT2D eigenvalue weighted by Gasteiger charge is -2.08. The highest BCUT2D eigenvalue weighted by molar-refractivity contribution is 7.14. The predicted octanol–water partition coefficient (Wildman–Crippen LogP) is 4.17. The summed E-state index contributed by atoms with van der Waals surface area (Å²) in [7, 11) is 3.12. The number of carbonyl (C=O) groups is 1. The molecule has 1 N–H and O–H groups in total. The number of rotatable bonds is 7. The number of thiazole rings is 1. The molecule has 0 aliphatic rings. The fourth-order valence-electron chi connectivity index (χ4n) is 2.96. The molecule has 162 valence electrons. The van der Waals surface area contributed by atoms with Gasteiger partial charge in [0.25, 0.3) is 11.6 Å². The molecule has 0 atom stereocenters. The monoisotopic (exact) mass is 451 g/mol. The van der Waals surface area contributed by atoms with Crippen LogP contribution in [-0.4, -0.2) is 39.8 Å². The van der Waals surface area contributed by atoms with Crippen LogP contribution in [0.3, 0.4) is 0 Å². The molecule has 4 rings (SSSR count). The number of benzene rings is 2. The van der Waals surface area contributed by atoms with Crippen molar-refractivity contribution in [2.24, 2.45) is 0 Å². The van der Waals surface area contributed by atoms with Gasteiger partial charge < -0.3 is 9.47 Å². The van der Waals surface area contributed by atoms with Crippen LogP contribution in [0.4, 0.5) is 10.8 Å². The Morgan fingerprint density at radius 3 is 2.69 bits per heavy atom. The molecule has 0 fully saturated rings. The van der Waals surface area contributed by atoms with Crippen LogP contribution < -0.4 is 14.8 Å². The molecule has 1 amide bonds. The van der Waals surface area contributed by atoms with Crippen molar-refractivity contribution in [3.63, 3.8) is 0 Å². The van der Waals surface area contributed by atoms with E-state index in [1.54, 1.807) is 44.7 Å². The van der Waals surface area contributed by atoms with E-state index in [4.69, 9.17) is 9.47 Å². The lowest BCUT2D eigenvalue weighted by molar-refractivity contribution is -0.384. The van der Waals surface area contributed by atoms with E-state index in [0.717, 1.165) is 5.56 Å². The van der Waals surface area contributed by atoms with Gasteiger partial charge in [-0.2, -0.15) is 5.10 Å². The molecule has 0 aliphatic carbocycles. The van der Waals surface area contributed by atoms with Crippen LogP contribution in [0.5, 0.6) is 11.5 Å². The minimum Gasteiger partial charge on any atom is -0.493 e. The Kier molecular flexibility index (Phi) is 5.81. The number of non-ortho nitro benzene ring substituents is 1. The Balaban J connectivity index is 1.50. The first-order valence-corrected chi connectivity index (χ1v) is 10.2. The first-order valence-electron chi connectivity index (χ1n) is 9.28. The molecule has 2 aromatic carbocycles. The van der Waals surface area contributed by atoms with Gasteiger partial charge in [-0.3, -0.25) is 20.2 Å². The SMILES string of the molecule is COc1ccc(-c2csc(NC(=O)c3ccn(-c4cccc([N+](=O)[O-])c4)n3)n2)cc1OC. The number of hydrogen-bond acceptors (Lipinski definition) is 8. The van der Waals surface area contributed by atoms with E-state index in [1.165, 1.54) is 34.2 Å². The van der Waals surface area contributed by atoms with Crippen molar-refractivity contribution in [1.82, 2.24) is 14.8 Å². The smallest absolute Gasteiger partial charge is 0.277 e. The van der Waals surface area contributed by atoms with Crippen molar-refractivity contribution >= 4 is 28.1 Å². The number of aromatic nitrogens is 3. The second kappa shape index (κ2) is 8.86. The van der Waals surface area contributed by atoms with Crippen molar-refractivity contribution < 1.29 is 19.2 Å². The van der Waals surface area contributed by atoms with Crippen molar-refractivity contribution in [3.05, 3.63) is 75.9 Å². The van der Waals surface area contributed by atoms with Crippen LogP contribution >= 0.6 is 11.3 Å². The van der Waals surface area contributed by atoms with E-state index in [9.17, 15) is 14.9 Å². The van der Waals surface area contributed by atoms with Crippen molar-refractivity contribution in [1.29, 1.82) is 0 Å². The van der Waals surface area contributed by atoms with Gasteiger partial charge in [0, 0.05) is 29.3 Å². The maximum absolute atomic E-state index is 12.6. The first kappa shape index (κ1) is 21.0. The van der Waals surface area contributed by atoms with Crippen LogP contribution in [0, 0.1) is 10.1 Å². The largest absolute Gasteiger partial charge is 0.493 e. The molecule has 2 heterocycles. The number of nitrogens with one attached hydrogen (secondary N) is 1. The molecule has 0 spiro atoms. The number of nitrogens with zero attached hydrogens (tertiary/aromatic N) is 4. The summed E-state index contributed by atoms with van der Waals surface area (Å²) in [6.07, 6.45) is 1.56. The summed E-state index contributed by atoms with van der Waals surface area (Å²) in [6.45, 7) is 0. The summed E-state index contributed by atoms with van der Waals surface area (Å²) < 4.78 is 12.0. The molecule has 0 saturated heterocycles. The van der Waals surface area contributed by atoms with Gasteiger partial charge in [0.05, 0.1) is 30.5 Å². The molecule has 0 bridgehead atoms. The van der Waals surface area contributed by atoms with Gasteiger partial charge in [-0.05, 0) is 30.3 Å². The van der Waals surface area contributed by atoms with Crippen molar-refractivity contribution in [2.45, 2.75) is 0 Å². The number of nitro groups is 1. The van der Waals surface area contributed by atoms with Gasteiger partial charge in [0.2, 0.25) is 0 Å². The Morgan fingerprint density at radius 1 is 1.12 bits per heavy atom. The van der Waals surface area contributed by atoms with Crippen LogP contribution in [0.2, 0.25) is 0 Å². The highest BCUT2D eigenvalue weighted by Crippen LogP contribution is 2.33. The Hall–Kier alpha value is -4.25. The summed E-state index contributed by atoms with van der Waals surface area (Å²) in [5, 5.41) is 20.1. The summed E-state index contributed by atoms with van der Waals surface area (Å²) in [5.74, 6) is 0.747. The molecule has 4 aromatic rings. The average molecular weight is 451 g/mol. The molecule has 10 nitrogen and oxygen atoms in total. The second-order valence-corrected chi connectivity index (χ2v) is 7.34. The van der Waals surface area contributed by atoms with Crippen LogP contribution in [-0.2, 0) is 0 Å². The number of anilines is 1. The number of methoxy groups -OCH3 is 2. The van der Waals surface area contributed by atoms with E-state index < -0.39 is 10.8 Å². The van der Waals surface area contributed by atoms with Crippen LogP contribution in [0.1, 0.15) is 10.5 Å². The number of nitro benzene ring substituents is 1. The van der Waals surface area contributed by atoms with Crippen molar-refractivity contribution in [2.75, 3.05) is 19.5 Å². The van der Waals surface area contributed by atoms with E-state index in [1.807, 2.05) is 11.4 Å². The predicted molar refractivity (Wildman–Crippen MR) is 119 cm³/mol. The third-order valence-corrected chi connectivity index (χ3v) is 5.29. The van der Waals surface area contributed by atoms with Crippen LogP contribution in [0.15, 0.2) is 60.1 Å². The average Bonchev–Trinajstić information content (AvgIpc) is 3.49. The fraction of sp³-hybridized carbons (Fsp3) is 0.0952. The normalized spacial score (nSPS) is 10.6. The van der Waals surface area contributed by atoms with E-state index in [2.05, 4.69) is 15.4 Å². The van der Waals surface area contributed by atoms with Gasteiger partial charge in [-0.1, -0.05) is 6.07 Å². The zero-order chi connectivity index (χ0) is 22.7. The van der Waals surface area contributed by atoms with Gasteiger partial charge in [-0.25, -0.2) is 9.67 Å². The summed E-state index contributed by atoms with van der Waals surface area (Å²) in [6, 6.07) is 13.0. The number of ether oxygens (including phenoxy) is 2. The quantitative estimate of drug-likeness (QED) is 0.330. The Labute approximate surface area is 186 Å². The minimum absolute atomic E-state index is 0.0607. The molecular formula is C21H17N5O5S. The van der Waals surface area contributed by atoms with Gasteiger partial charge in [-0.15, -0.1) is 11.3 Å². The van der Waals surface area contributed by atoms with E-state index in [-0.39, 0.29) is 11.4 Å². The molecule has 32 heavy (non-hydrogen) atoms. The molecular weight excluding hydrogens is 434 g/mol. The van der Waals surface area contributed by atoms with Crippen LogP contribution in [0.25, 0.3) is 16.9 Å². The number of amides is 1. The highest BCUT2D eigenvalue weighted by Gasteiger charge is 2.15. The third-order valence-electron chi connectivity index (χ3n) is 4.53. The lowest BCUT2D eigenvalue weighted by Crippen LogP contribution is -2.13. The highest BCUT2D eigenvalue weighted by atomic mass is 32.1. The summed E-state index contributed by atoms with van der Waals surface area (Å²) in [5.41, 5.74) is 2.06. The van der Waals surface area contributed by atoms with Gasteiger partial charge in [0.1, 0.15) is 0 Å². The second-order valence-electron chi connectivity index (χ2n) is 6.48. The molecule has 0 radical (unpaired) electrons. The zero-order valence-electron chi connectivity index (χ0n) is 17.0. The Bertz CT molecular complexity index is 1300. The molecule has 0 unspecified atom stereocenters. The van der Waals surface area contributed by atoms with Crippen molar-refractivity contribution in [3.8, 4) is 28.4 Å². The molecule has 0 saturated carbocycles. The summed E-state index contributed by atoms with van der Waals surface area (Å²) in [4.78, 5) is 27.5. The van der Waals surface area contributed by atoms with Gasteiger partial charge >= 0.3 is 0 Å². The zero-order valence-corrected chi connectivity index (χ0v) is 17.8. The number of hydrogen-bond donors (Lipinski definition) is 1. The molecule has 11 heteroatoms. The minimum atomic E-state index is -0.487. The number of carbonyl (C=O) groups excluding carboxylic acids is 1. The molecule has 0 aliphatic heterocycles. The first-order chi connectivity index (χ1) is 15.5. The lowest BCUT2D eigenvalue weighted by atomic mass is 10.1.